The molecule has 4 heteroatoms. The zero-order valence-corrected chi connectivity index (χ0v) is 11.4. The van der Waals surface area contributed by atoms with E-state index in [1.807, 2.05) is 0 Å². The zero-order valence-electron chi connectivity index (χ0n) is 8.92. The van der Waals surface area contributed by atoms with Gasteiger partial charge < -0.3 is 27.2 Å². The number of nitrogens with two attached hydrogens (primary N) is 1. The second kappa shape index (κ2) is 7.97. The molecule has 0 radical (unpaired) electrons. The number of hydrogen-bond acceptors (Lipinski definition) is 2. The van der Waals surface area contributed by atoms with Crippen LogP contribution in [0, 0.1) is 0 Å². The van der Waals surface area contributed by atoms with Gasteiger partial charge in [-0.05, 0) is 19.4 Å². The first-order valence-corrected chi connectivity index (χ1v) is 6.12. The Balaban J connectivity index is 0.00000169. The lowest BCUT2D eigenvalue weighted by molar-refractivity contribution is -0.914. The first-order valence-electron chi connectivity index (χ1n) is 5.49. The quantitative estimate of drug-likeness (QED) is 0.338. The summed E-state index contributed by atoms with van der Waals surface area (Å²) in [5.74, 6) is 1.03. The van der Waals surface area contributed by atoms with E-state index < -0.39 is 0 Å². The zero-order chi connectivity index (χ0) is 9.57. The summed E-state index contributed by atoms with van der Waals surface area (Å²) < 4.78 is 1.32. The first-order chi connectivity index (χ1) is 6.33. The Bertz CT molecular complexity index is 138. The molecule has 0 atom stereocenters. The van der Waals surface area contributed by atoms with Crippen molar-refractivity contribution in [3.63, 3.8) is 0 Å². The molecular formula is C10H23BrN2S. The molecule has 1 aliphatic rings. The molecule has 2 nitrogen and oxygen atoms in total. The molecule has 1 rings (SSSR count). The van der Waals surface area contributed by atoms with Crippen molar-refractivity contribution in [2.45, 2.75) is 25.7 Å². The molecule has 1 saturated heterocycles. The highest BCUT2D eigenvalue weighted by Crippen LogP contribution is 2.20. The van der Waals surface area contributed by atoms with Gasteiger partial charge in [-0.1, -0.05) is 0 Å². The van der Waals surface area contributed by atoms with Crippen molar-refractivity contribution in [3.05, 3.63) is 0 Å². The first kappa shape index (κ1) is 14.8. The van der Waals surface area contributed by atoms with Crippen LogP contribution in [0.5, 0.6) is 0 Å². The SMILES string of the molecule is NCCCC[N+]1(CCS)CCCC1.[Br-]. The summed E-state index contributed by atoms with van der Waals surface area (Å²) in [5, 5.41) is 0. The molecule has 0 aromatic rings. The van der Waals surface area contributed by atoms with E-state index in [1.165, 1.54) is 56.3 Å². The van der Waals surface area contributed by atoms with Crippen molar-refractivity contribution < 1.29 is 21.5 Å². The molecule has 0 spiro atoms. The number of rotatable bonds is 6. The number of thiol groups is 1. The van der Waals surface area contributed by atoms with Gasteiger partial charge in [0.15, 0.2) is 0 Å². The van der Waals surface area contributed by atoms with Crippen LogP contribution >= 0.6 is 12.6 Å². The molecule has 14 heavy (non-hydrogen) atoms. The molecule has 2 N–H and O–H groups in total. The summed E-state index contributed by atoms with van der Waals surface area (Å²) in [7, 11) is 0. The second-order valence-electron chi connectivity index (χ2n) is 4.16. The third-order valence-corrected chi connectivity index (χ3v) is 3.38. The minimum atomic E-state index is 0. The Labute approximate surface area is 104 Å². The molecule has 0 amide bonds. The van der Waals surface area contributed by atoms with Gasteiger partial charge in [-0.15, -0.1) is 0 Å². The average Bonchev–Trinajstić information content (AvgIpc) is 2.55. The van der Waals surface area contributed by atoms with Gasteiger partial charge in [0.1, 0.15) is 0 Å². The van der Waals surface area contributed by atoms with Crippen molar-refractivity contribution in [1.82, 2.24) is 0 Å². The van der Waals surface area contributed by atoms with Crippen LogP contribution in [0.3, 0.4) is 0 Å². The van der Waals surface area contributed by atoms with Crippen molar-refractivity contribution in [2.24, 2.45) is 5.73 Å². The number of likely N-dealkylation sites (tertiary alicyclic amines) is 1. The number of quaternary nitrogens is 1. The van der Waals surface area contributed by atoms with Crippen molar-refractivity contribution >= 4 is 12.6 Å². The maximum absolute atomic E-state index is 5.51. The van der Waals surface area contributed by atoms with Crippen LogP contribution in [0.4, 0.5) is 0 Å². The summed E-state index contributed by atoms with van der Waals surface area (Å²) in [6.45, 7) is 6.20. The fourth-order valence-corrected chi connectivity index (χ4v) is 2.79. The van der Waals surface area contributed by atoms with E-state index in [0.717, 1.165) is 12.3 Å². The van der Waals surface area contributed by atoms with E-state index >= 15 is 0 Å². The van der Waals surface area contributed by atoms with E-state index in [9.17, 15) is 0 Å². The van der Waals surface area contributed by atoms with Gasteiger partial charge in [-0.2, -0.15) is 12.6 Å². The number of unbranched alkanes of at least 4 members (excludes halogenated alkanes) is 1. The normalized spacial score (nSPS) is 19.3. The third-order valence-electron chi connectivity index (χ3n) is 3.18. The fourth-order valence-electron chi connectivity index (χ4n) is 2.37. The molecule has 0 aromatic carbocycles. The number of hydrogen-bond donors (Lipinski definition) is 2. The van der Waals surface area contributed by atoms with Gasteiger partial charge in [0, 0.05) is 18.6 Å². The number of halogens is 1. The topological polar surface area (TPSA) is 26.0 Å². The number of nitrogens with zero attached hydrogens (tertiary/aromatic N) is 1. The van der Waals surface area contributed by atoms with Gasteiger partial charge >= 0.3 is 0 Å². The van der Waals surface area contributed by atoms with Crippen molar-refractivity contribution in [1.29, 1.82) is 0 Å². The third kappa shape index (κ3) is 4.51. The molecule has 1 aliphatic heterocycles. The van der Waals surface area contributed by atoms with Crippen molar-refractivity contribution in [3.8, 4) is 0 Å². The molecule has 0 aliphatic carbocycles. The molecule has 0 unspecified atom stereocenters. The second-order valence-corrected chi connectivity index (χ2v) is 4.61. The van der Waals surface area contributed by atoms with E-state index in [-0.39, 0.29) is 17.0 Å². The predicted octanol–water partition coefficient (Wildman–Crippen LogP) is -1.73. The maximum Gasteiger partial charge on any atom is 0.0876 e. The molecule has 1 heterocycles. The molecule has 0 aromatic heterocycles. The van der Waals surface area contributed by atoms with Crippen LogP contribution in [0.1, 0.15) is 25.7 Å². The van der Waals surface area contributed by atoms with Crippen LogP contribution in [0.15, 0.2) is 0 Å². The maximum atomic E-state index is 5.51. The van der Waals surface area contributed by atoms with Crippen molar-refractivity contribution in [2.75, 3.05) is 38.5 Å². The Morgan fingerprint density at radius 3 is 2.21 bits per heavy atom. The lowest BCUT2D eigenvalue weighted by atomic mass is 10.2. The van der Waals surface area contributed by atoms with Crippen LogP contribution in [-0.4, -0.2) is 43.0 Å². The summed E-state index contributed by atoms with van der Waals surface area (Å²) in [6.07, 6.45) is 5.31. The van der Waals surface area contributed by atoms with Crippen LogP contribution in [0.2, 0.25) is 0 Å². The van der Waals surface area contributed by atoms with E-state index in [2.05, 4.69) is 12.6 Å². The standard InChI is InChI=1S/C10H22N2S.BrH/c11-5-1-2-6-12(9-10-13)7-3-4-8-12;/h1-11H2;1H. The van der Waals surface area contributed by atoms with E-state index in [4.69, 9.17) is 5.73 Å². The minimum Gasteiger partial charge on any atom is -1.00 e. The molecule has 0 saturated carbocycles. The van der Waals surface area contributed by atoms with Crippen LogP contribution < -0.4 is 22.7 Å². The van der Waals surface area contributed by atoms with Crippen LogP contribution in [0.25, 0.3) is 0 Å². The van der Waals surface area contributed by atoms with E-state index in [0.29, 0.717) is 0 Å². The molecule has 86 valence electrons. The predicted molar refractivity (Wildman–Crippen MR) is 61.1 cm³/mol. The van der Waals surface area contributed by atoms with Gasteiger partial charge in [0.25, 0.3) is 0 Å². The van der Waals surface area contributed by atoms with Gasteiger partial charge in [-0.3, -0.25) is 0 Å². The Hall–Kier alpha value is 0.750. The smallest absolute Gasteiger partial charge is 0.0876 e. The highest BCUT2D eigenvalue weighted by molar-refractivity contribution is 7.80. The lowest BCUT2D eigenvalue weighted by Gasteiger charge is -2.33. The van der Waals surface area contributed by atoms with Gasteiger partial charge in [0.05, 0.1) is 26.2 Å². The van der Waals surface area contributed by atoms with Gasteiger partial charge in [0.2, 0.25) is 0 Å². The largest absolute Gasteiger partial charge is 1.00 e. The Morgan fingerprint density at radius 1 is 1.07 bits per heavy atom. The Kier molecular flexibility index (Phi) is 8.39. The fraction of sp³-hybridized carbons (Fsp3) is 1.00. The average molecular weight is 283 g/mol. The monoisotopic (exact) mass is 282 g/mol. The Morgan fingerprint density at radius 2 is 1.71 bits per heavy atom. The molecule has 0 bridgehead atoms. The van der Waals surface area contributed by atoms with E-state index in [1.54, 1.807) is 0 Å². The summed E-state index contributed by atoms with van der Waals surface area (Å²) in [4.78, 5) is 0. The highest BCUT2D eigenvalue weighted by Gasteiger charge is 2.29. The summed E-state index contributed by atoms with van der Waals surface area (Å²) >= 11 is 4.35. The lowest BCUT2D eigenvalue weighted by Crippen LogP contribution is -3.00. The summed E-state index contributed by atoms with van der Waals surface area (Å²) in [5.41, 5.74) is 5.51. The summed E-state index contributed by atoms with van der Waals surface area (Å²) in [6, 6.07) is 0. The molecular weight excluding hydrogens is 260 g/mol. The van der Waals surface area contributed by atoms with Gasteiger partial charge in [-0.25, -0.2) is 0 Å². The minimum absolute atomic E-state index is 0. The van der Waals surface area contributed by atoms with Crippen LogP contribution in [-0.2, 0) is 0 Å². The molecule has 1 fully saturated rings. The highest BCUT2D eigenvalue weighted by atomic mass is 79.9.